The van der Waals surface area contributed by atoms with E-state index in [2.05, 4.69) is 0 Å². The number of hydrogen-bond donors (Lipinski definition) is 0. The summed E-state index contributed by atoms with van der Waals surface area (Å²) in [4.78, 5) is 33.8. The average molecular weight is 290 g/mol. The molecule has 0 saturated heterocycles. The molecule has 0 spiro atoms. The van der Waals surface area contributed by atoms with Gasteiger partial charge in [-0.25, -0.2) is 4.39 Å². The number of carbonyl (C=O) groups excluding carboxylic acids is 3. The van der Waals surface area contributed by atoms with Crippen LogP contribution in [0.3, 0.4) is 0 Å². The van der Waals surface area contributed by atoms with Gasteiger partial charge in [0.25, 0.3) is 0 Å². The molecule has 20 heavy (non-hydrogen) atoms. The second kappa shape index (κ2) is 7.21. The summed E-state index contributed by atoms with van der Waals surface area (Å²) in [6.07, 6.45) is -3.63. The lowest BCUT2D eigenvalue weighted by Gasteiger charge is -2.36. The van der Waals surface area contributed by atoms with Crippen LogP contribution in [0.15, 0.2) is 0 Å². The SMILES string of the molecule is CCOC(=O)[C@H]1CC[C@H](OC(C)=O)[C@H](F)[C@@H]1OC(C)=O. The summed E-state index contributed by atoms with van der Waals surface area (Å²) in [6, 6.07) is 0. The lowest BCUT2D eigenvalue weighted by molar-refractivity contribution is -0.180. The number of ether oxygens (including phenoxy) is 3. The Bertz CT molecular complexity index is 383. The highest BCUT2D eigenvalue weighted by Gasteiger charge is 2.47. The Morgan fingerprint density at radius 1 is 1.10 bits per heavy atom. The van der Waals surface area contributed by atoms with Crippen LogP contribution in [0.2, 0.25) is 0 Å². The first-order valence-electron chi connectivity index (χ1n) is 6.52. The van der Waals surface area contributed by atoms with Gasteiger partial charge in [0.2, 0.25) is 0 Å². The monoisotopic (exact) mass is 290 g/mol. The van der Waals surface area contributed by atoms with Crippen molar-refractivity contribution in [2.75, 3.05) is 6.61 Å². The first-order chi connectivity index (χ1) is 9.36. The van der Waals surface area contributed by atoms with Crippen molar-refractivity contribution >= 4 is 17.9 Å². The van der Waals surface area contributed by atoms with E-state index in [1.54, 1.807) is 6.92 Å². The summed E-state index contributed by atoms with van der Waals surface area (Å²) in [5.74, 6) is -2.80. The van der Waals surface area contributed by atoms with Gasteiger partial charge in [-0.05, 0) is 19.8 Å². The fourth-order valence-corrected chi connectivity index (χ4v) is 2.28. The smallest absolute Gasteiger partial charge is 0.312 e. The van der Waals surface area contributed by atoms with Crippen molar-refractivity contribution in [1.29, 1.82) is 0 Å². The van der Waals surface area contributed by atoms with Crippen LogP contribution in [0.5, 0.6) is 0 Å². The molecule has 7 heteroatoms. The summed E-state index contributed by atoms with van der Waals surface area (Å²) in [5.41, 5.74) is 0. The summed E-state index contributed by atoms with van der Waals surface area (Å²) in [5, 5.41) is 0. The van der Waals surface area contributed by atoms with E-state index in [0.717, 1.165) is 6.92 Å². The Labute approximate surface area is 116 Å². The molecule has 1 aliphatic rings. The van der Waals surface area contributed by atoms with E-state index < -0.39 is 42.2 Å². The van der Waals surface area contributed by atoms with Crippen LogP contribution < -0.4 is 0 Å². The standard InChI is InChI=1S/C13H19FO6/c1-4-18-13(17)9-5-6-10(19-7(2)15)11(14)12(9)20-8(3)16/h9-12H,4-6H2,1-3H3/t9-,10-,11-,12+/m0/s1. The van der Waals surface area contributed by atoms with E-state index in [1.807, 2.05) is 0 Å². The normalized spacial score (nSPS) is 29.4. The van der Waals surface area contributed by atoms with E-state index >= 15 is 0 Å². The molecular formula is C13H19FO6. The van der Waals surface area contributed by atoms with Crippen molar-refractivity contribution in [1.82, 2.24) is 0 Å². The molecule has 1 saturated carbocycles. The second-order valence-corrected chi connectivity index (χ2v) is 4.60. The third kappa shape index (κ3) is 4.18. The van der Waals surface area contributed by atoms with Crippen LogP contribution in [0.4, 0.5) is 4.39 Å². The Kier molecular flexibility index (Phi) is 5.91. The van der Waals surface area contributed by atoms with Crippen LogP contribution in [-0.4, -0.2) is 42.9 Å². The lowest BCUT2D eigenvalue weighted by Crippen LogP contribution is -2.50. The number of alkyl halides is 1. The zero-order valence-electron chi connectivity index (χ0n) is 11.8. The molecular weight excluding hydrogens is 271 g/mol. The third-order valence-corrected chi connectivity index (χ3v) is 3.04. The minimum absolute atomic E-state index is 0.159. The van der Waals surface area contributed by atoms with Crippen molar-refractivity contribution in [3.8, 4) is 0 Å². The summed E-state index contributed by atoms with van der Waals surface area (Å²) < 4.78 is 28.9. The van der Waals surface area contributed by atoms with Gasteiger partial charge in [0, 0.05) is 13.8 Å². The molecule has 0 amide bonds. The van der Waals surface area contributed by atoms with Gasteiger partial charge in [-0.2, -0.15) is 0 Å². The predicted molar refractivity (Wildman–Crippen MR) is 65.4 cm³/mol. The zero-order chi connectivity index (χ0) is 15.3. The van der Waals surface area contributed by atoms with Crippen molar-refractivity contribution in [3.05, 3.63) is 0 Å². The minimum Gasteiger partial charge on any atom is -0.466 e. The molecule has 0 aliphatic heterocycles. The van der Waals surface area contributed by atoms with Gasteiger partial charge in [0.05, 0.1) is 12.5 Å². The molecule has 0 N–H and O–H groups in total. The van der Waals surface area contributed by atoms with Crippen LogP contribution >= 0.6 is 0 Å². The molecule has 1 fully saturated rings. The van der Waals surface area contributed by atoms with E-state index in [-0.39, 0.29) is 19.4 Å². The minimum atomic E-state index is -1.74. The maximum absolute atomic E-state index is 14.3. The highest BCUT2D eigenvalue weighted by atomic mass is 19.1. The third-order valence-electron chi connectivity index (χ3n) is 3.04. The molecule has 0 aromatic rings. The van der Waals surface area contributed by atoms with E-state index in [0.29, 0.717) is 0 Å². The molecule has 0 bridgehead atoms. The second-order valence-electron chi connectivity index (χ2n) is 4.60. The Morgan fingerprint density at radius 2 is 1.70 bits per heavy atom. The van der Waals surface area contributed by atoms with Gasteiger partial charge in [0.1, 0.15) is 12.2 Å². The fourth-order valence-electron chi connectivity index (χ4n) is 2.28. The fraction of sp³-hybridized carbons (Fsp3) is 0.769. The molecule has 4 atom stereocenters. The van der Waals surface area contributed by atoms with Gasteiger partial charge < -0.3 is 14.2 Å². The number of esters is 3. The topological polar surface area (TPSA) is 78.9 Å². The summed E-state index contributed by atoms with van der Waals surface area (Å²) >= 11 is 0. The van der Waals surface area contributed by atoms with Crippen molar-refractivity contribution in [3.63, 3.8) is 0 Å². The van der Waals surface area contributed by atoms with Crippen LogP contribution in [0, 0.1) is 5.92 Å². The molecule has 1 aliphatic carbocycles. The highest BCUT2D eigenvalue weighted by molar-refractivity contribution is 5.74. The van der Waals surface area contributed by atoms with Gasteiger partial charge >= 0.3 is 17.9 Å². The molecule has 0 aromatic heterocycles. The van der Waals surface area contributed by atoms with Gasteiger partial charge in [-0.1, -0.05) is 0 Å². The first-order valence-corrected chi connectivity index (χ1v) is 6.52. The molecule has 114 valence electrons. The van der Waals surface area contributed by atoms with Gasteiger partial charge in [-0.3, -0.25) is 14.4 Å². The zero-order valence-corrected chi connectivity index (χ0v) is 11.8. The number of halogens is 1. The molecule has 0 radical (unpaired) electrons. The Morgan fingerprint density at radius 3 is 2.20 bits per heavy atom. The molecule has 0 aromatic carbocycles. The number of carbonyl (C=O) groups is 3. The molecule has 1 rings (SSSR count). The van der Waals surface area contributed by atoms with Crippen molar-refractivity contribution in [2.45, 2.75) is 52.0 Å². The average Bonchev–Trinajstić information content (AvgIpc) is 2.33. The van der Waals surface area contributed by atoms with E-state index in [9.17, 15) is 18.8 Å². The molecule has 6 nitrogen and oxygen atoms in total. The van der Waals surface area contributed by atoms with E-state index in [4.69, 9.17) is 14.2 Å². The van der Waals surface area contributed by atoms with Crippen molar-refractivity contribution < 1.29 is 33.0 Å². The Hall–Kier alpha value is -1.66. The van der Waals surface area contributed by atoms with Gasteiger partial charge in [-0.15, -0.1) is 0 Å². The summed E-state index contributed by atoms with van der Waals surface area (Å²) in [7, 11) is 0. The highest BCUT2D eigenvalue weighted by Crippen LogP contribution is 2.32. The van der Waals surface area contributed by atoms with Crippen LogP contribution in [0.1, 0.15) is 33.6 Å². The van der Waals surface area contributed by atoms with Crippen LogP contribution in [-0.2, 0) is 28.6 Å². The largest absolute Gasteiger partial charge is 0.466 e. The molecule has 0 unspecified atom stereocenters. The van der Waals surface area contributed by atoms with Gasteiger partial charge in [0.15, 0.2) is 6.17 Å². The van der Waals surface area contributed by atoms with Crippen molar-refractivity contribution in [2.24, 2.45) is 5.92 Å². The Balaban J connectivity index is 2.85. The van der Waals surface area contributed by atoms with E-state index in [1.165, 1.54) is 6.92 Å². The quantitative estimate of drug-likeness (QED) is 0.571. The van der Waals surface area contributed by atoms with Crippen LogP contribution in [0.25, 0.3) is 0 Å². The molecule has 0 heterocycles. The first kappa shape index (κ1) is 16.4. The number of rotatable bonds is 4. The lowest BCUT2D eigenvalue weighted by atomic mass is 9.83. The summed E-state index contributed by atoms with van der Waals surface area (Å²) in [6.45, 7) is 4.10. The maximum atomic E-state index is 14.3. The number of hydrogen-bond acceptors (Lipinski definition) is 6. The maximum Gasteiger partial charge on any atom is 0.312 e. The predicted octanol–water partition coefficient (Wildman–Crippen LogP) is 1.16.